The number of carbonyl (C=O) groups excluding carboxylic acids is 1. The summed E-state index contributed by atoms with van der Waals surface area (Å²) in [6.07, 6.45) is 3.10. The normalized spacial score (nSPS) is 11.3. The van der Waals surface area contributed by atoms with Crippen LogP contribution in [0.15, 0.2) is 71.8 Å². The van der Waals surface area contributed by atoms with Gasteiger partial charge < -0.3 is 5.32 Å². The second-order valence-electron chi connectivity index (χ2n) is 9.50. The first-order valence-electron chi connectivity index (χ1n) is 11.9. The molecule has 0 aliphatic carbocycles. The van der Waals surface area contributed by atoms with Gasteiger partial charge in [0.15, 0.2) is 0 Å². The molecule has 0 spiro atoms. The minimum Gasteiger partial charge on any atom is -0.310 e. The summed E-state index contributed by atoms with van der Waals surface area (Å²) in [4.78, 5) is 33.9. The lowest BCUT2D eigenvalue weighted by Gasteiger charge is -2.16. The van der Waals surface area contributed by atoms with Crippen LogP contribution in [-0.4, -0.2) is 25.0 Å². The first kappa shape index (κ1) is 24.4. The van der Waals surface area contributed by atoms with Crippen LogP contribution in [0, 0.1) is 22.7 Å². The van der Waals surface area contributed by atoms with Crippen LogP contribution in [0.25, 0.3) is 38.8 Å². The van der Waals surface area contributed by atoms with Crippen LogP contribution in [0.2, 0.25) is 0 Å². The second kappa shape index (κ2) is 9.30. The third-order valence-corrected chi connectivity index (χ3v) is 6.61. The van der Waals surface area contributed by atoms with Gasteiger partial charge in [-0.05, 0) is 61.4 Å². The van der Waals surface area contributed by atoms with Crippen LogP contribution < -0.4 is 11.0 Å². The van der Waals surface area contributed by atoms with E-state index in [1.807, 2.05) is 62.4 Å². The van der Waals surface area contributed by atoms with Crippen molar-refractivity contribution in [2.75, 3.05) is 5.32 Å². The number of nitrogens with one attached hydrogen (secondary N) is 1. The number of pyridine rings is 2. The molecule has 3 aromatic heterocycles. The fourth-order valence-corrected chi connectivity index (χ4v) is 4.41. The van der Waals surface area contributed by atoms with Gasteiger partial charge in [0, 0.05) is 24.2 Å². The number of carbonyl (C=O) groups is 1. The number of imidazole rings is 1. The molecule has 0 aliphatic rings. The first-order valence-corrected chi connectivity index (χ1v) is 11.9. The van der Waals surface area contributed by atoms with E-state index >= 15 is 0 Å². The molecule has 3 heterocycles. The number of nitrogens with zero attached hydrogens (tertiary/aromatic N) is 6. The minimum atomic E-state index is -0.643. The lowest BCUT2D eigenvalue weighted by Crippen LogP contribution is -2.21. The van der Waals surface area contributed by atoms with Crippen molar-refractivity contribution in [1.29, 1.82) is 10.5 Å². The van der Waals surface area contributed by atoms with Gasteiger partial charge in [0.2, 0.25) is 5.91 Å². The summed E-state index contributed by atoms with van der Waals surface area (Å²) in [7, 11) is 1.72. The van der Waals surface area contributed by atoms with Crippen molar-refractivity contribution in [2.45, 2.75) is 25.7 Å². The van der Waals surface area contributed by atoms with Gasteiger partial charge in [-0.25, -0.2) is 9.78 Å². The third-order valence-electron chi connectivity index (χ3n) is 6.61. The summed E-state index contributed by atoms with van der Waals surface area (Å²) in [5.41, 5.74) is 4.54. The maximum absolute atomic E-state index is 13.4. The predicted molar refractivity (Wildman–Crippen MR) is 145 cm³/mol. The molecule has 0 saturated carbocycles. The number of aromatic nitrogens is 4. The standard InChI is InChI=1S/C29H23N7O2/c1-29(2,17-31)20-6-8-21(9-7-20)36-27-22-14-18(4-10-23(22)32-16-24(27)35(3)28(36)38)19-5-11-25(33-15-19)34-26(37)12-13-30/h4-11,14-16H,12H2,1-3H3,(H,33,34,37). The maximum Gasteiger partial charge on any atom is 0.333 e. The van der Waals surface area contributed by atoms with Gasteiger partial charge in [-0.15, -0.1) is 0 Å². The number of nitriles is 2. The molecule has 1 amide bonds. The Morgan fingerprint density at radius 1 is 1.00 bits per heavy atom. The molecule has 0 aliphatic heterocycles. The Kier molecular flexibility index (Phi) is 5.98. The van der Waals surface area contributed by atoms with Gasteiger partial charge in [-0.1, -0.05) is 18.2 Å². The molecule has 5 aromatic rings. The van der Waals surface area contributed by atoms with Gasteiger partial charge in [0.1, 0.15) is 12.2 Å². The highest BCUT2D eigenvalue weighted by molar-refractivity contribution is 6.04. The number of amides is 1. The number of anilines is 1. The van der Waals surface area contributed by atoms with Crippen LogP contribution in [0.1, 0.15) is 25.8 Å². The molecule has 2 aromatic carbocycles. The highest BCUT2D eigenvalue weighted by atomic mass is 16.2. The largest absolute Gasteiger partial charge is 0.333 e. The Morgan fingerprint density at radius 3 is 2.39 bits per heavy atom. The van der Waals surface area contributed by atoms with Crippen molar-refractivity contribution in [3.8, 4) is 29.0 Å². The number of benzene rings is 2. The van der Waals surface area contributed by atoms with E-state index in [1.54, 1.807) is 40.7 Å². The summed E-state index contributed by atoms with van der Waals surface area (Å²) >= 11 is 0. The Morgan fingerprint density at radius 2 is 1.74 bits per heavy atom. The summed E-state index contributed by atoms with van der Waals surface area (Å²) in [5, 5.41) is 21.5. The van der Waals surface area contributed by atoms with Crippen LogP contribution in [0.5, 0.6) is 0 Å². The number of hydrogen-bond donors (Lipinski definition) is 1. The lowest BCUT2D eigenvalue weighted by atomic mass is 9.86. The van der Waals surface area contributed by atoms with Crippen LogP contribution in [0.4, 0.5) is 5.82 Å². The van der Waals surface area contributed by atoms with E-state index in [0.717, 1.165) is 33.1 Å². The van der Waals surface area contributed by atoms with E-state index < -0.39 is 11.3 Å². The molecule has 9 heteroatoms. The molecule has 0 fully saturated rings. The SMILES string of the molecule is Cn1c(=O)n(-c2ccc(C(C)(C)C#N)cc2)c2c3cc(-c4ccc(NC(=O)CC#N)nc4)ccc3ncc21. The zero-order valence-corrected chi connectivity index (χ0v) is 21.1. The first-order chi connectivity index (χ1) is 18.2. The summed E-state index contributed by atoms with van der Waals surface area (Å²) < 4.78 is 3.24. The highest BCUT2D eigenvalue weighted by Crippen LogP contribution is 2.30. The predicted octanol–water partition coefficient (Wildman–Crippen LogP) is 4.59. The Hall–Kier alpha value is -5.28. The molecule has 0 bridgehead atoms. The number of hydrogen-bond acceptors (Lipinski definition) is 6. The molecular weight excluding hydrogens is 478 g/mol. The molecule has 5 rings (SSSR count). The maximum atomic E-state index is 13.4. The van der Waals surface area contributed by atoms with Crippen molar-refractivity contribution in [1.82, 2.24) is 19.1 Å². The minimum absolute atomic E-state index is 0.203. The van der Waals surface area contributed by atoms with Crippen molar-refractivity contribution in [2.24, 2.45) is 7.05 Å². The van der Waals surface area contributed by atoms with Gasteiger partial charge in [-0.2, -0.15) is 10.5 Å². The fraction of sp³-hybridized carbons (Fsp3) is 0.172. The molecular formula is C29H23N7O2. The molecule has 0 unspecified atom stereocenters. The Balaban J connectivity index is 1.64. The van der Waals surface area contributed by atoms with E-state index in [9.17, 15) is 14.9 Å². The van der Waals surface area contributed by atoms with Crippen LogP contribution in [0.3, 0.4) is 0 Å². The zero-order valence-electron chi connectivity index (χ0n) is 21.1. The van der Waals surface area contributed by atoms with Crippen LogP contribution >= 0.6 is 0 Å². The van der Waals surface area contributed by atoms with Crippen molar-refractivity contribution < 1.29 is 4.79 Å². The lowest BCUT2D eigenvalue weighted by molar-refractivity contribution is -0.115. The van der Waals surface area contributed by atoms with E-state index in [1.165, 1.54) is 0 Å². The van der Waals surface area contributed by atoms with Gasteiger partial charge in [0.05, 0.1) is 46.0 Å². The monoisotopic (exact) mass is 501 g/mol. The molecule has 0 atom stereocenters. The quantitative estimate of drug-likeness (QED) is 0.375. The van der Waals surface area contributed by atoms with E-state index in [4.69, 9.17) is 5.26 Å². The number of aryl methyl sites for hydroxylation is 1. The number of rotatable bonds is 5. The molecule has 1 N–H and O–H groups in total. The summed E-state index contributed by atoms with van der Waals surface area (Å²) in [6.45, 7) is 3.71. The van der Waals surface area contributed by atoms with Crippen molar-refractivity contribution in [3.05, 3.63) is 83.0 Å². The van der Waals surface area contributed by atoms with Gasteiger partial charge in [-0.3, -0.25) is 18.9 Å². The molecule has 9 nitrogen and oxygen atoms in total. The van der Waals surface area contributed by atoms with E-state index in [2.05, 4.69) is 21.4 Å². The molecule has 0 radical (unpaired) electrons. The molecule has 186 valence electrons. The average molecular weight is 502 g/mol. The Bertz CT molecular complexity index is 1850. The summed E-state index contributed by atoms with van der Waals surface area (Å²) in [6, 6.07) is 20.9. The third kappa shape index (κ3) is 4.16. The molecule has 0 saturated heterocycles. The number of fused-ring (bicyclic) bond motifs is 3. The second-order valence-corrected chi connectivity index (χ2v) is 9.50. The summed E-state index contributed by atoms with van der Waals surface area (Å²) in [5.74, 6) is -0.0584. The zero-order chi connectivity index (χ0) is 27.0. The topological polar surface area (TPSA) is 129 Å². The average Bonchev–Trinajstić information content (AvgIpc) is 3.19. The highest BCUT2D eigenvalue weighted by Gasteiger charge is 2.21. The van der Waals surface area contributed by atoms with Gasteiger partial charge in [0.25, 0.3) is 0 Å². The van der Waals surface area contributed by atoms with Crippen molar-refractivity contribution in [3.63, 3.8) is 0 Å². The van der Waals surface area contributed by atoms with E-state index in [-0.39, 0.29) is 12.1 Å². The van der Waals surface area contributed by atoms with Gasteiger partial charge >= 0.3 is 5.69 Å². The van der Waals surface area contributed by atoms with E-state index in [0.29, 0.717) is 17.0 Å². The van der Waals surface area contributed by atoms with Crippen LogP contribution in [-0.2, 0) is 17.3 Å². The Labute approximate surface area is 218 Å². The fourth-order valence-electron chi connectivity index (χ4n) is 4.41. The smallest absolute Gasteiger partial charge is 0.310 e. The molecule has 38 heavy (non-hydrogen) atoms. The van der Waals surface area contributed by atoms with Crippen molar-refractivity contribution >= 4 is 33.7 Å².